The van der Waals surface area contributed by atoms with Crippen LogP contribution in [0, 0.1) is 0 Å². The number of nitrogens with one attached hydrogen (secondary N) is 1. The largest absolute Gasteiger partial charge is 0.507 e. The number of hydrogen-bond donors (Lipinski definition) is 2. The maximum Gasteiger partial charge on any atom is 0.417 e. The van der Waals surface area contributed by atoms with E-state index in [4.69, 9.17) is 4.74 Å². The van der Waals surface area contributed by atoms with Crippen molar-refractivity contribution in [2.75, 3.05) is 25.5 Å². The lowest BCUT2D eigenvalue weighted by Gasteiger charge is -2.35. The molecule has 1 fully saturated rings. The molecule has 3 rings (SSSR count). The Hall–Kier alpha value is -2.86. The third-order valence-electron chi connectivity index (χ3n) is 5.97. The van der Waals surface area contributed by atoms with Gasteiger partial charge < -0.3 is 14.7 Å². The zero-order chi connectivity index (χ0) is 21.7. The van der Waals surface area contributed by atoms with E-state index in [0.717, 1.165) is 25.9 Å². The Morgan fingerprint density at radius 2 is 2.00 bits per heavy atom. The summed E-state index contributed by atoms with van der Waals surface area (Å²) in [6, 6.07) is 12.1. The molecule has 6 heteroatoms. The second-order valence-electron chi connectivity index (χ2n) is 8.16. The van der Waals surface area contributed by atoms with Gasteiger partial charge in [-0.1, -0.05) is 25.5 Å². The molecule has 0 saturated carbocycles. The van der Waals surface area contributed by atoms with Gasteiger partial charge in [0.15, 0.2) is 5.78 Å². The maximum absolute atomic E-state index is 12.4. The van der Waals surface area contributed by atoms with Gasteiger partial charge in [-0.25, -0.2) is 4.79 Å². The lowest BCUT2D eigenvalue weighted by molar-refractivity contribution is 0.101. The van der Waals surface area contributed by atoms with E-state index >= 15 is 0 Å². The number of carbonyl (C=O) groups is 2. The van der Waals surface area contributed by atoms with Gasteiger partial charge in [-0.15, -0.1) is 0 Å². The number of anilines is 1. The number of phenols is 1. The van der Waals surface area contributed by atoms with Crippen LogP contribution >= 0.6 is 0 Å². The summed E-state index contributed by atoms with van der Waals surface area (Å²) in [6.07, 6.45) is 3.88. The van der Waals surface area contributed by atoms with Crippen LogP contribution < -0.4 is 10.1 Å². The van der Waals surface area contributed by atoms with Gasteiger partial charge >= 0.3 is 6.09 Å². The van der Waals surface area contributed by atoms with Crippen molar-refractivity contribution in [3.05, 3.63) is 53.6 Å². The SMILES string of the molecule is CC[C@@]1(c2cccc(OC(=O)Nc3ccc(C(C)=O)c(O)c3)c2)CCCCN(C)C1. The number of rotatable bonds is 5. The van der Waals surface area contributed by atoms with E-state index in [2.05, 4.69) is 30.3 Å². The minimum absolute atomic E-state index is 0.0510. The minimum atomic E-state index is -0.648. The zero-order valence-corrected chi connectivity index (χ0v) is 17.9. The van der Waals surface area contributed by atoms with Crippen LogP contribution in [0.1, 0.15) is 55.5 Å². The Labute approximate surface area is 177 Å². The van der Waals surface area contributed by atoms with Crippen molar-refractivity contribution >= 4 is 17.6 Å². The molecule has 6 nitrogen and oxygen atoms in total. The summed E-state index contributed by atoms with van der Waals surface area (Å²) in [4.78, 5) is 26.2. The van der Waals surface area contributed by atoms with Crippen molar-refractivity contribution in [2.24, 2.45) is 0 Å². The van der Waals surface area contributed by atoms with Crippen LogP contribution in [0.3, 0.4) is 0 Å². The molecule has 1 aliphatic heterocycles. The molecule has 0 radical (unpaired) electrons. The molecule has 0 unspecified atom stereocenters. The fourth-order valence-corrected chi connectivity index (χ4v) is 4.30. The Morgan fingerprint density at radius 3 is 2.70 bits per heavy atom. The second-order valence-corrected chi connectivity index (χ2v) is 8.16. The first-order chi connectivity index (χ1) is 14.3. The van der Waals surface area contributed by atoms with Crippen LogP contribution in [0.5, 0.6) is 11.5 Å². The maximum atomic E-state index is 12.4. The molecule has 0 aromatic heterocycles. The minimum Gasteiger partial charge on any atom is -0.507 e. The third-order valence-corrected chi connectivity index (χ3v) is 5.97. The topological polar surface area (TPSA) is 78.9 Å². The summed E-state index contributed by atoms with van der Waals surface area (Å²) in [5, 5.41) is 12.5. The van der Waals surface area contributed by atoms with Crippen LogP contribution in [0.15, 0.2) is 42.5 Å². The number of ether oxygens (including phenoxy) is 1. The highest BCUT2D eigenvalue weighted by molar-refractivity contribution is 5.97. The summed E-state index contributed by atoms with van der Waals surface area (Å²) in [5.74, 6) is 0.0615. The molecule has 1 atom stereocenters. The number of benzene rings is 2. The van der Waals surface area contributed by atoms with Crippen molar-refractivity contribution in [3.63, 3.8) is 0 Å². The zero-order valence-electron chi connectivity index (χ0n) is 17.9. The van der Waals surface area contributed by atoms with E-state index in [9.17, 15) is 14.7 Å². The quantitative estimate of drug-likeness (QED) is 0.681. The number of Topliss-reactive ketones (excluding diaryl/α,β-unsaturated/α-hetero) is 1. The Bertz CT molecular complexity index is 927. The lowest BCUT2D eigenvalue weighted by atomic mass is 9.74. The van der Waals surface area contributed by atoms with Crippen molar-refractivity contribution in [1.82, 2.24) is 4.90 Å². The first kappa shape index (κ1) is 21.8. The molecular weight excluding hydrogens is 380 g/mol. The van der Waals surface area contributed by atoms with Crippen LogP contribution in [0.2, 0.25) is 0 Å². The average molecular weight is 411 g/mol. The highest BCUT2D eigenvalue weighted by Crippen LogP contribution is 2.37. The summed E-state index contributed by atoms with van der Waals surface area (Å²) in [5.41, 5.74) is 1.80. The molecule has 0 aliphatic carbocycles. The van der Waals surface area contributed by atoms with E-state index in [1.165, 1.54) is 37.5 Å². The van der Waals surface area contributed by atoms with Crippen LogP contribution in [0.4, 0.5) is 10.5 Å². The number of likely N-dealkylation sites (N-methyl/N-ethyl adjacent to an activating group) is 1. The summed E-state index contributed by atoms with van der Waals surface area (Å²) < 4.78 is 5.50. The van der Waals surface area contributed by atoms with Gasteiger partial charge in [0.2, 0.25) is 0 Å². The number of hydrogen-bond acceptors (Lipinski definition) is 5. The molecule has 2 aromatic carbocycles. The van der Waals surface area contributed by atoms with E-state index < -0.39 is 6.09 Å². The average Bonchev–Trinajstić information content (AvgIpc) is 2.90. The molecule has 160 valence electrons. The Balaban J connectivity index is 1.74. The first-order valence-electron chi connectivity index (χ1n) is 10.4. The van der Waals surface area contributed by atoms with Crippen LogP contribution in [-0.2, 0) is 5.41 Å². The molecule has 1 heterocycles. The van der Waals surface area contributed by atoms with Gasteiger partial charge in [0, 0.05) is 23.7 Å². The van der Waals surface area contributed by atoms with E-state index in [0.29, 0.717) is 11.4 Å². The Kier molecular flexibility index (Phi) is 6.77. The normalized spacial score (nSPS) is 19.7. The molecule has 2 aromatic rings. The second kappa shape index (κ2) is 9.30. The number of carbonyl (C=O) groups excluding carboxylic acids is 2. The number of phenolic OH excluding ortho intramolecular Hbond substituents is 1. The smallest absolute Gasteiger partial charge is 0.417 e. The molecule has 0 spiro atoms. The number of nitrogens with zero attached hydrogens (tertiary/aromatic N) is 1. The Morgan fingerprint density at radius 1 is 1.20 bits per heavy atom. The van der Waals surface area contributed by atoms with Crippen molar-refractivity contribution in [2.45, 2.75) is 44.9 Å². The van der Waals surface area contributed by atoms with E-state index in [-0.39, 0.29) is 22.5 Å². The van der Waals surface area contributed by atoms with Crippen LogP contribution in [0.25, 0.3) is 0 Å². The fraction of sp³-hybridized carbons (Fsp3) is 0.417. The van der Waals surface area contributed by atoms with Gasteiger partial charge in [-0.3, -0.25) is 10.1 Å². The predicted octanol–water partition coefficient (Wildman–Crippen LogP) is 4.97. The van der Waals surface area contributed by atoms with E-state index in [1.54, 1.807) is 12.1 Å². The standard InChI is InChI=1S/C24H30N2O4/c1-4-24(12-5-6-13-26(3)16-24)18-8-7-9-20(14-18)30-23(29)25-19-10-11-21(17(2)27)22(28)15-19/h7-11,14-15,28H,4-6,12-13,16H2,1-3H3,(H,25,29)/t24-/m1/s1. The van der Waals surface area contributed by atoms with Crippen molar-refractivity contribution in [1.29, 1.82) is 0 Å². The molecule has 30 heavy (non-hydrogen) atoms. The molecule has 1 aliphatic rings. The van der Waals surface area contributed by atoms with Gasteiger partial charge in [-0.2, -0.15) is 0 Å². The monoisotopic (exact) mass is 410 g/mol. The molecule has 0 bridgehead atoms. The van der Waals surface area contributed by atoms with Crippen molar-refractivity contribution in [3.8, 4) is 11.5 Å². The number of amides is 1. The number of ketones is 1. The molecule has 2 N–H and O–H groups in total. The van der Waals surface area contributed by atoms with Gasteiger partial charge in [0.1, 0.15) is 11.5 Å². The lowest BCUT2D eigenvalue weighted by Crippen LogP contribution is -2.37. The summed E-state index contributed by atoms with van der Waals surface area (Å²) in [7, 11) is 2.16. The van der Waals surface area contributed by atoms with Gasteiger partial charge in [-0.05, 0) is 69.6 Å². The third kappa shape index (κ3) is 5.00. The van der Waals surface area contributed by atoms with Crippen molar-refractivity contribution < 1.29 is 19.4 Å². The van der Waals surface area contributed by atoms with Gasteiger partial charge in [0.05, 0.1) is 5.56 Å². The highest BCUT2D eigenvalue weighted by Gasteiger charge is 2.33. The number of aromatic hydroxyl groups is 1. The highest BCUT2D eigenvalue weighted by atomic mass is 16.6. The van der Waals surface area contributed by atoms with Gasteiger partial charge in [0.25, 0.3) is 0 Å². The predicted molar refractivity (Wildman–Crippen MR) is 118 cm³/mol. The number of likely N-dealkylation sites (tertiary alicyclic amines) is 1. The molecule has 1 amide bonds. The summed E-state index contributed by atoms with van der Waals surface area (Å²) >= 11 is 0. The first-order valence-corrected chi connectivity index (χ1v) is 10.4. The van der Waals surface area contributed by atoms with Crippen LogP contribution in [-0.4, -0.2) is 42.0 Å². The molecular formula is C24H30N2O4. The molecule has 1 saturated heterocycles. The van der Waals surface area contributed by atoms with E-state index in [1.807, 2.05) is 12.1 Å². The summed E-state index contributed by atoms with van der Waals surface area (Å²) in [6.45, 7) is 5.69. The fourth-order valence-electron chi connectivity index (χ4n) is 4.30.